The van der Waals surface area contributed by atoms with Crippen molar-refractivity contribution in [1.29, 1.82) is 0 Å². The summed E-state index contributed by atoms with van der Waals surface area (Å²) in [4.78, 5) is 40.9. The SMILES string of the molecule is C#C.CCOc1c(C)c(O)c2c(O)c3c4c(c2c1C(=O)C/C=C/C[C@@H](C)[C@@H](OC)[C@H](C)[C@H](O)[C@H](C)C[C@@H](C)/C=C/C=C(/C)C(=O)N3)=N[C@@]1(CCCN(C)CC1)N=4.CO. The summed E-state index contributed by atoms with van der Waals surface area (Å²) >= 11 is 0. The average Bonchev–Trinajstić information content (AvgIpc) is 3.49. The molecule has 1 amide bonds. The molecule has 3 heterocycles. The number of carbonyl (C=O) groups excluding carboxylic acids is 2. The number of likely N-dealkylation sites (tertiary alicyclic amines) is 1. The van der Waals surface area contributed by atoms with Crippen LogP contribution < -0.4 is 20.8 Å². The van der Waals surface area contributed by atoms with Crippen molar-refractivity contribution in [3.63, 3.8) is 0 Å². The fourth-order valence-electron chi connectivity index (χ4n) is 8.51. The van der Waals surface area contributed by atoms with Gasteiger partial charge in [0.2, 0.25) is 0 Å². The number of ether oxygens (including phenoxy) is 2. The number of phenolic OH excluding ortho intramolecular Hbond substituents is 2. The number of methoxy groups -OCH3 is 1. The monoisotopic (exact) mass is 802 g/mol. The van der Waals surface area contributed by atoms with Crippen molar-refractivity contribution in [2.45, 2.75) is 105 Å². The maximum absolute atomic E-state index is 14.5. The Morgan fingerprint density at radius 1 is 0.966 bits per heavy atom. The zero-order chi connectivity index (χ0) is 43.5. The zero-order valence-corrected chi connectivity index (χ0v) is 36.1. The molecular formula is C46H66N4O8. The molecule has 7 atom stereocenters. The smallest absolute Gasteiger partial charge is 0.251 e. The van der Waals surface area contributed by atoms with Gasteiger partial charge in [-0.2, -0.15) is 0 Å². The molecule has 1 spiro atoms. The summed E-state index contributed by atoms with van der Waals surface area (Å²) in [5.41, 5.74) is 0.0632. The summed E-state index contributed by atoms with van der Waals surface area (Å²) in [5, 5.41) is 46.0. The van der Waals surface area contributed by atoms with Gasteiger partial charge in [-0.25, -0.2) is 0 Å². The van der Waals surface area contributed by atoms with Crippen LogP contribution in [-0.4, -0.2) is 95.9 Å². The molecule has 0 aromatic heterocycles. The van der Waals surface area contributed by atoms with Crippen LogP contribution in [0.3, 0.4) is 0 Å². The number of aliphatic hydroxyl groups is 2. The number of phenols is 2. The van der Waals surface area contributed by atoms with E-state index in [1.807, 2.05) is 45.1 Å². The van der Waals surface area contributed by atoms with Gasteiger partial charge in [-0.05, 0) is 77.8 Å². The van der Waals surface area contributed by atoms with Crippen molar-refractivity contribution in [2.75, 3.05) is 46.3 Å². The van der Waals surface area contributed by atoms with E-state index in [0.29, 0.717) is 35.8 Å². The third-order valence-corrected chi connectivity index (χ3v) is 11.6. The number of allylic oxidation sites excluding steroid dienone is 5. The van der Waals surface area contributed by atoms with E-state index < -0.39 is 17.7 Å². The first-order valence-electron chi connectivity index (χ1n) is 20.3. The number of aliphatic hydroxyl groups excluding tert-OH is 2. The molecule has 2 aromatic carbocycles. The van der Waals surface area contributed by atoms with E-state index >= 15 is 0 Å². The number of anilines is 1. The molecule has 2 aromatic rings. The number of amides is 1. The number of ketones is 1. The summed E-state index contributed by atoms with van der Waals surface area (Å²) in [6.45, 7) is 15.2. The Kier molecular flexibility index (Phi) is 17.7. The molecule has 1 saturated heterocycles. The van der Waals surface area contributed by atoms with Crippen LogP contribution in [0.15, 0.2) is 45.9 Å². The van der Waals surface area contributed by atoms with Gasteiger partial charge in [0.05, 0.1) is 35.1 Å². The zero-order valence-electron chi connectivity index (χ0n) is 36.1. The number of nitrogens with zero attached hydrogens (tertiary/aromatic N) is 3. The van der Waals surface area contributed by atoms with Crippen LogP contribution in [0.1, 0.15) is 96.0 Å². The predicted molar refractivity (Wildman–Crippen MR) is 230 cm³/mol. The Hall–Kier alpha value is -4.54. The molecule has 2 bridgehead atoms. The van der Waals surface area contributed by atoms with Gasteiger partial charge in [-0.1, -0.05) is 58.1 Å². The van der Waals surface area contributed by atoms with E-state index in [-0.39, 0.29) is 93.2 Å². The lowest BCUT2D eigenvalue weighted by atomic mass is 9.80. The van der Waals surface area contributed by atoms with Gasteiger partial charge in [0, 0.05) is 56.0 Å². The van der Waals surface area contributed by atoms with Crippen molar-refractivity contribution in [3.8, 4) is 30.1 Å². The molecule has 0 aliphatic carbocycles. The van der Waals surface area contributed by atoms with E-state index in [4.69, 9.17) is 24.6 Å². The lowest BCUT2D eigenvalue weighted by Gasteiger charge is -2.34. The number of benzene rings is 2. The number of nitrogens with one attached hydrogen (secondary N) is 1. The van der Waals surface area contributed by atoms with Crippen molar-refractivity contribution in [2.24, 2.45) is 33.7 Å². The summed E-state index contributed by atoms with van der Waals surface area (Å²) in [7, 11) is 4.73. The Labute approximate surface area is 344 Å². The minimum Gasteiger partial charge on any atom is -0.507 e. The standard InChI is InChI=1S/C43H60N4O7.C2H2.CH4O/c1-10-54-41-29(7)38(50)33-32-31(41)30(48)18-12-11-16-25(3)40(53-9)28(6)37(49)27(5)23-24(2)15-13-17-26(4)42(52)44-36(39(33)51)35-34(32)45-43(46-35)19-14-21-47(8)22-20-43;2*1-2/h11-13,15,17,24-25,27-28,37,40,49-51H,10,14,16,18-23H2,1-9H3,(H,44,52);1-2H;2H,1H3/b12-11+,15-13+,26-17-;;/t24-,25+,27+,28+,37+,40+,43-;;/m0../s1. The minimum absolute atomic E-state index is 0.00581. The van der Waals surface area contributed by atoms with Crippen LogP contribution in [0.4, 0.5) is 5.69 Å². The van der Waals surface area contributed by atoms with Crippen LogP contribution in [-0.2, 0) is 9.53 Å². The van der Waals surface area contributed by atoms with Gasteiger partial charge in [0.1, 0.15) is 22.5 Å². The topological polar surface area (TPSA) is 174 Å². The Bertz CT molecular complexity index is 2020. The van der Waals surface area contributed by atoms with E-state index in [1.54, 1.807) is 27.0 Å². The highest BCUT2D eigenvalue weighted by atomic mass is 16.5. The highest BCUT2D eigenvalue weighted by Gasteiger charge is 2.38. The van der Waals surface area contributed by atoms with E-state index in [2.05, 4.69) is 44.0 Å². The number of hydrogen-bond acceptors (Lipinski definition) is 11. The quantitative estimate of drug-likeness (QED) is 0.138. The molecule has 12 nitrogen and oxygen atoms in total. The normalized spacial score (nSPS) is 29.2. The first-order chi connectivity index (χ1) is 27.6. The van der Waals surface area contributed by atoms with E-state index in [9.17, 15) is 24.9 Å². The fourth-order valence-corrected chi connectivity index (χ4v) is 8.51. The molecule has 3 aliphatic heterocycles. The molecule has 318 valence electrons. The maximum Gasteiger partial charge on any atom is 0.251 e. The van der Waals surface area contributed by atoms with Crippen LogP contribution >= 0.6 is 0 Å². The van der Waals surface area contributed by atoms with E-state index in [1.165, 1.54) is 0 Å². The minimum atomic E-state index is -0.871. The molecule has 58 heavy (non-hydrogen) atoms. The molecule has 0 radical (unpaired) electrons. The molecule has 5 rings (SSSR count). The third-order valence-electron chi connectivity index (χ3n) is 11.6. The number of terminal acetylenes is 1. The second-order valence-electron chi connectivity index (χ2n) is 15.9. The van der Waals surface area contributed by atoms with Crippen molar-refractivity contribution in [3.05, 3.63) is 57.8 Å². The van der Waals surface area contributed by atoms with Gasteiger partial charge < -0.3 is 40.1 Å². The number of hydrogen-bond donors (Lipinski definition) is 5. The second kappa shape index (κ2) is 21.5. The lowest BCUT2D eigenvalue weighted by Crippen LogP contribution is -2.39. The van der Waals surface area contributed by atoms with Gasteiger partial charge in [0.25, 0.3) is 5.91 Å². The summed E-state index contributed by atoms with van der Waals surface area (Å²) in [6, 6.07) is 0. The second-order valence-corrected chi connectivity index (χ2v) is 15.9. The van der Waals surface area contributed by atoms with Crippen molar-refractivity contribution >= 4 is 28.2 Å². The highest BCUT2D eigenvalue weighted by molar-refractivity contribution is 6.16. The highest BCUT2D eigenvalue weighted by Crippen LogP contribution is 2.45. The number of aromatic hydroxyl groups is 2. The molecule has 0 unspecified atom stereocenters. The Balaban J connectivity index is 0.00000218. The predicted octanol–water partition coefficient (Wildman–Crippen LogP) is 6.16. The van der Waals surface area contributed by atoms with Gasteiger partial charge in [-0.15, -0.1) is 12.8 Å². The van der Waals surface area contributed by atoms with Crippen LogP contribution in [0, 0.1) is 43.4 Å². The largest absolute Gasteiger partial charge is 0.507 e. The molecule has 1 fully saturated rings. The third kappa shape index (κ3) is 10.4. The molecular weight excluding hydrogens is 737 g/mol. The van der Waals surface area contributed by atoms with Crippen LogP contribution in [0.25, 0.3) is 10.8 Å². The lowest BCUT2D eigenvalue weighted by molar-refractivity contribution is -0.112. The summed E-state index contributed by atoms with van der Waals surface area (Å²) in [5.74, 6) is -1.11. The van der Waals surface area contributed by atoms with Crippen LogP contribution in [0.2, 0.25) is 0 Å². The van der Waals surface area contributed by atoms with Crippen LogP contribution in [0.5, 0.6) is 17.2 Å². The molecule has 3 aliphatic rings. The Morgan fingerprint density at radius 2 is 1.64 bits per heavy atom. The Morgan fingerprint density at radius 3 is 2.29 bits per heavy atom. The number of carbonyl (C=O) groups is 2. The first-order valence-corrected chi connectivity index (χ1v) is 20.3. The average molecular weight is 803 g/mol. The summed E-state index contributed by atoms with van der Waals surface area (Å²) in [6.07, 6.45) is 20.0. The first kappa shape index (κ1) is 47.8. The maximum atomic E-state index is 14.5. The van der Waals surface area contributed by atoms with Gasteiger partial charge in [-0.3, -0.25) is 19.6 Å². The van der Waals surface area contributed by atoms with Gasteiger partial charge >= 0.3 is 0 Å². The van der Waals surface area contributed by atoms with E-state index in [0.717, 1.165) is 33.0 Å². The number of rotatable bonds is 3. The molecule has 12 heteroatoms. The fraction of sp³-hybridized carbons (Fsp3) is 0.565. The van der Waals surface area contributed by atoms with Crippen molar-refractivity contribution < 1.29 is 39.5 Å². The molecule has 5 N–H and O–H groups in total. The molecule has 0 saturated carbocycles. The summed E-state index contributed by atoms with van der Waals surface area (Å²) < 4.78 is 12.0. The van der Waals surface area contributed by atoms with Crippen molar-refractivity contribution in [1.82, 2.24) is 4.90 Å². The number of Topliss-reactive ketones (excluding diaryl/α,β-unsaturated/α-hetero) is 1. The van der Waals surface area contributed by atoms with Gasteiger partial charge in [0.15, 0.2) is 17.2 Å².